The Hall–Kier alpha value is -1.98. The fourth-order valence-electron chi connectivity index (χ4n) is 2.80. The molecule has 1 aromatic carbocycles. The van der Waals surface area contributed by atoms with Crippen LogP contribution in [0.2, 0.25) is 0 Å². The van der Waals surface area contributed by atoms with Crippen molar-refractivity contribution >= 4 is 5.69 Å². The predicted octanol–water partition coefficient (Wildman–Crippen LogP) is 2.26. The highest BCUT2D eigenvalue weighted by Gasteiger charge is 2.17. The molecule has 5 heteroatoms. The van der Waals surface area contributed by atoms with Gasteiger partial charge in [-0.25, -0.2) is 4.39 Å². The molecule has 23 heavy (non-hydrogen) atoms. The summed E-state index contributed by atoms with van der Waals surface area (Å²) in [7, 11) is 2.10. The molecule has 1 N–H and O–H groups in total. The highest BCUT2D eigenvalue weighted by Crippen LogP contribution is 2.22. The molecule has 0 atom stereocenters. The van der Waals surface area contributed by atoms with Crippen molar-refractivity contribution in [2.75, 3.05) is 38.1 Å². The van der Waals surface area contributed by atoms with Gasteiger partial charge in [0.25, 0.3) is 0 Å². The summed E-state index contributed by atoms with van der Waals surface area (Å²) in [5.41, 5.74) is 2.82. The zero-order chi connectivity index (χ0) is 16.1. The van der Waals surface area contributed by atoms with Crippen LogP contribution in [0.3, 0.4) is 0 Å². The number of hydrogen-bond acceptors (Lipinski definition) is 4. The van der Waals surface area contributed by atoms with E-state index in [9.17, 15) is 4.39 Å². The maximum absolute atomic E-state index is 14.2. The third kappa shape index (κ3) is 4.27. The molecule has 1 saturated heterocycles. The van der Waals surface area contributed by atoms with Gasteiger partial charge in [-0.15, -0.1) is 0 Å². The number of nitrogens with one attached hydrogen (secondary N) is 1. The first-order chi connectivity index (χ1) is 11.2. The number of likely N-dealkylation sites (N-methyl/N-ethyl adjacent to an activating group) is 1. The molecule has 2 aromatic rings. The Morgan fingerprint density at radius 2 is 1.91 bits per heavy atom. The molecule has 0 amide bonds. The van der Waals surface area contributed by atoms with Crippen LogP contribution in [0.15, 0.2) is 42.6 Å². The lowest BCUT2D eigenvalue weighted by Crippen LogP contribution is -2.44. The highest BCUT2D eigenvalue weighted by molar-refractivity contribution is 5.50. The number of piperazine rings is 1. The Morgan fingerprint density at radius 3 is 2.65 bits per heavy atom. The van der Waals surface area contributed by atoms with Crippen molar-refractivity contribution in [2.45, 2.75) is 13.1 Å². The van der Waals surface area contributed by atoms with Gasteiger partial charge in [-0.05, 0) is 36.9 Å². The smallest absolute Gasteiger partial charge is 0.146 e. The zero-order valence-electron chi connectivity index (χ0n) is 13.5. The lowest BCUT2D eigenvalue weighted by atomic mass is 10.1. The molecule has 0 saturated carbocycles. The van der Waals surface area contributed by atoms with E-state index in [1.54, 1.807) is 12.3 Å². The van der Waals surface area contributed by atoms with E-state index in [4.69, 9.17) is 0 Å². The first kappa shape index (κ1) is 15.9. The van der Waals surface area contributed by atoms with Gasteiger partial charge in [0.05, 0.1) is 11.4 Å². The minimum atomic E-state index is -0.136. The minimum Gasteiger partial charge on any atom is -0.367 e. The molecule has 122 valence electrons. The van der Waals surface area contributed by atoms with Crippen LogP contribution in [0.1, 0.15) is 11.3 Å². The van der Waals surface area contributed by atoms with Gasteiger partial charge >= 0.3 is 0 Å². The van der Waals surface area contributed by atoms with Crippen molar-refractivity contribution in [3.8, 4) is 0 Å². The summed E-state index contributed by atoms with van der Waals surface area (Å²) >= 11 is 0. The van der Waals surface area contributed by atoms with Crippen LogP contribution in [0.4, 0.5) is 10.1 Å². The van der Waals surface area contributed by atoms with E-state index in [0.717, 1.165) is 43.1 Å². The number of rotatable bonds is 5. The quantitative estimate of drug-likeness (QED) is 0.917. The number of halogens is 1. The molecule has 0 spiro atoms. The van der Waals surface area contributed by atoms with E-state index in [0.29, 0.717) is 13.1 Å². The van der Waals surface area contributed by atoms with Gasteiger partial charge in [-0.3, -0.25) is 4.98 Å². The van der Waals surface area contributed by atoms with E-state index in [-0.39, 0.29) is 5.82 Å². The minimum absolute atomic E-state index is 0.136. The maximum Gasteiger partial charge on any atom is 0.146 e. The van der Waals surface area contributed by atoms with Crippen molar-refractivity contribution < 1.29 is 4.39 Å². The van der Waals surface area contributed by atoms with Gasteiger partial charge in [0.2, 0.25) is 0 Å². The van der Waals surface area contributed by atoms with Crippen molar-refractivity contribution in [1.29, 1.82) is 0 Å². The van der Waals surface area contributed by atoms with Crippen LogP contribution in [0, 0.1) is 5.82 Å². The number of anilines is 1. The Bertz CT molecular complexity index is 624. The summed E-state index contributed by atoms with van der Waals surface area (Å²) in [5, 5.41) is 3.36. The number of hydrogen-bond donors (Lipinski definition) is 1. The summed E-state index contributed by atoms with van der Waals surface area (Å²) in [6.45, 7) is 5.11. The molecule has 1 aliphatic rings. The SMILES string of the molecule is CN1CCN(c2cc(CNCc3ccccn3)ccc2F)CC1. The van der Waals surface area contributed by atoms with Crippen LogP contribution < -0.4 is 10.2 Å². The van der Waals surface area contributed by atoms with Crippen LogP contribution in [-0.2, 0) is 13.1 Å². The lowest BCUT2D eigenvalue weighted by molar-refractivity contribution is 0.311. The number of aromatic nitrogens is 1. The fraction of sp³-hybridized carbons (Fsp3) is 0.389. The molecule has 4 nitrogen and oxygen atoms in total. The molecule has 1 aromatic heterocycles. The van der Waals surface area contributed by atoms with E-state index < -0.39 is 0 Å². The first-order valence-electron chi connectivity index (χ1n) is 8.05. The van der Waals surface area contributed by atoms with E-state index in [1.807, 2.05) is 30.3 Å². The zero-order valence-corrected chi connectivity index (χ0v) is 13.5. The van der Waals surface area contributed by atoms with Crippen molar-refractivity contribution in [3.05, 3.63) is 59.7 Å². The molecule has 1 aliphatic heterocycles. The Balaban J connectivity index is 1.61. The second-order valence-corrected chi connectivity index (χ2v) is 6.00. The highest BCUT2D eigenvalue weighted by atomic mass is 19.1. The summed E-state index contributed by atoms with van der Waals surface area (Å²) in [4.78, 5) is 8.69. The third-order valence-corrected chi connectivity index (χ3v) is 4.22. The van der Waals surface area contributed by atoms with E-state index in [2.05, 4.69) is 27.1 Å². The van der Waals surface area contributed by atoms with Crippen molar-refractivity contribution in [3.63, 3.8) is 0 Å². The number of benzene rings is 1. The summed E-state index contributed by atoms with van der Waals surface area (Å²) in [6.07, 6.45) is 1.79. The lowest BCUT2D eigenvalue weighted by Gasteiger charge is -2.34. The molecule has 2 heterocycles. The van der Waals surface area contributed by atoms with Crippen molar-refractivity contribution in [2.24, 2.45) is 0 Å². The second kappa shape index (κ2) is 7.53. The average Bonchev–Trinajstić information content (AvgIpc) is 2.58. The van der Waals surface area contributed by atoms with Crippen LogP contribution in [-0.4, -0.2) is 43.1 Å². The Labute approximate surface area is 136 Å². The van der Waals surface area contributed by atoms with Crippen LogP contribution in [0.5, 0.6) is 0 Å². The molecule has 3 rings (SSSR count). The standard InChI is InChI=1S/C18H23FN4/c1-22-8-10-23(11-9-22)18-12-15(5-6-17(18)19)13-20-14-16-4-2-3-7-21-16/h2-7,12,20H,8-11,13-14H2,1H3. The molecule has 1 fully saturated rings. The van der Waals surface area contributed by atoms with Crippen LogP contribution in [0.25, 0.3) is 0 Å². The molecular formula is C18H23FN4. The van der Waals surface area contributed by atoms with Crippen LogP contribution >= 0.6 is 0 Å². The largest absolute Gasteiger partial charge is 0.367 e. The van der Waals surface area contributed by atoms with E-state index in [1.165, 1.54) is 0 Å². The summed E-state index contributed by atoms with van der Waals surface area (Å²) in [5.74, 6) is -0.136. The fourth-order valence-corrected chi connectivity index (χ4v) is 2.80. The third-order valence-electron chi connectivity index (χ3n) is 4.22. The van der Waals surface area contributed by atoms with Gasteiger partial charge in [0.15, 0.2) is 0 Å². The molecule has 0 radical (unpaired) electrons. The summed E-state index contributed by atoms with van der Waals surface area (Å²) in [6, 6.07) is 11.3. The molecule has 0 aliphatic carbocycles. The molecule has 0 bridgehead atoms. The van der Waals surface area contributed by atoms with E-state index >= 15 is 0 Å². The number of pyridine rings is 1. The van der Waals surface area contributed by atoms with Gasteiger partial charge in [0.1, 0.15) is 5.82 Å². The van der Waals surface area contributed by atoms with Gasteiger partial charge in [-0.2, -0.15) is 0 Å². The average molecular weight is 314 g/mol. The normalized spacial score (nSPS) is 15.8. The second-order valence-electron chi connectivity index (χ2n) is 6.00. The number of nitrogens with zero attached hydrogens (tertiary/aromatic N) is 3. The predicted molar refractivity (Wildman–Crippen MR) is 90.9 cm³/mol. The van der Waals surface area contributed by atoms with Crippen molar-refractivity contribution in [1.82, 2.24) is 15.2 Å². The van der Waals surface area contributed by atoms with Gasteiger partial charge in [-0.1, -0.05) is 12.1 Å². The maximum atomic E-state index is 14.2. The monoisotopic (exact) mass is 314 g/mol. The van der Waals surface area contributed by atoms with Gasteiger partial charge < -0.3 is 15.1 Å². The summed E-state index contributed by atoms with van der Waals surface area (Å²) < 4.78 is 14.2. The first-order valence-corrected chi connectivity index (χ1v) is 8.05. The molecular weight excluding hydrogens is 291 g/mol. The Morgan fingerprint density at radius 1 is 1.09 bits per heavy atom. The van der Waals surface area contributed by atoms with Gasteiger partial charge in [0, 0.05) is 45.5 Å². The Kier molecular flexibility index (Phi) is 5.20. The molecule has 0 unspecified atom stereocenters. The topological polar surface area (TPSA) is 31.4 Å².